The maximum Gasteiger partial charge on any atom is 0.508 e. The van der Waals surface area contributed by atoms with Crippen LogP contribution in [0.3, 0.4) is 0 Å². The van der Waals surface area contributed by atoms with Crippen LogP contribution in [0.25, 0.3) is 21.7 Å². The molecule has 2 amide bonds. The summed E-state index contributed by atoms with van der Waals surface area (Å²) in [5.41, 5.74) is 13.9. The Morgan fingerprint density at radius 2 is 1.62 bits per heavy atom. The number of rotatable bonds is 27. The Kier molecular flexibility index (Phi) is 22.2. The van der Waals surface area contributed by atoms with E-state index < -0.39 is 76.9 Å². The molecule has 8 heterocycles. The molecule has 4 saturated heterocycles. The summed E-state index contributed by atoms with van der Waals surface area (Å²) in [7, 11) is -7.49. The number of aryl methyl sites for hydroxylation is 1. The van der Waals surface area contributed by atoms with E-state index in [0.29, 0.717) is 73.1 Å². The minimum atomic E-state index is -4.73. The number of nitrogens with one attached hydrogen (secondary N) is 1. The van der Waals surface area contributed by atoms with Crippen molar-refractivity contribution in [2.75, 3.05) is 94.2 Å². The number of anilines is 3. The van der Waals surface area contributed by atoms with Gasteiger partial charge in [-0.3, -0.25) is 19.4 Å². The quantitative estimate of drug-likeness (QED) is 0.0168. The molecule has 5 N–H and O–H groups in total. The third-order valence-corrected chi connectivity index (χ3v) is 21.7. The number of amides is 2. The number of carbonyl (C=O) groups is 3. The van der Waals surface area contributed by atoms with E-state index in [9.17, 15) is 27.4 Å². The van der Waals surface area contributed by atoms with Crippen LogP contribution in [0, 0.1) is 12.8 Å². The molecule has 27 nitrogen and oxygen atoms in total. The van der Waals surface area contributed by atoms with Crippen molar-refractivity contribution < 1.29 is 69.9 Å². The molecule has 4 aromatic heterocycles. The molecule has 4 aliphatic heterocycles. The van der Waals surface area contributed by atoms with Crippen molar-refractivity contribution >= 4 is 74.0 Å². The number of nitrogen functional groups attached to an aromatic ring is 1. The smallest absolute Gasteiger partial charge is 0.476 e. The molecule has 0 spiro atoms. The van der Waals surface area contributed by atoms with Gasteiger partial charge in [-0.2, -0.15) is 0 Å². The number of benzene rings is 2. The molecule has 2 aromatic carbocycles. The van der Waals surface area contributed by atoms with E-state index in [4.69, 9.17) is 43.7 Å². The van der Waals surface area contributed by atoms with E-state index in [1.165, 1.54) is 4.90 Å². The summed E-state index contributed by atoms with van der Waals surface area (Å²) >= 11 is 1.55. The lowest BCUT2D eigenvalue weighted by Crippen LogP contribution is -2.54. The van der Waals surface area contributed by atoms with Gasteiger partial charge in [-0.25, -0.2) is 32.3 Å². The summed E-state index contributed by atoms with van der Waals surface area (Å²) in [4.78, 5) is 81.5. The fraction of sp³-hybridized carbons (Fsp3) is 0.516. The third kappa shape index (κ3) is 17.6. The normalized spacial score (nSPS) is 20.9. The van der Waals surface area contributed by atoms with Gasteiger partial charge in [0.2, 0.25) is 17.7 Å². The van der Waals surface area contributed by atoms with Crippen molar-refractivity contribution in [3.05, 3.63) is 102 Å². The second-order valence-corrected chi connectivity index (χ2v) is 31.1. The highest BCUT2D eigenvalue weighted by Gasteiger charge is 2.46. The molecule has 0 saturated carbocycles. The zero-order valence-corrected chi connectivity index (χ0v) is 56.5. The van der Waals surface area contributed by atoms with E-state index >= 15 is 0 Å². The number of pyridine rings is 1. The van der Waals surface area contributed by atoms with Crippen molar-refractivity contribution in [1.29, 1.82) is 0 Å². The van der Waals surface area contributed by atoms with E-state index in [0.717, 1.165) is 71.8 Å². The first-order valence-electron chi connectivity index (χ1n) is 30.9. The van der Waals surface area contributed by atoms with E-state index in [2.05, 4.69) is 61.7 Å². The number of phosphoric ester groups is 1. The summed E-state index contributed by atoms with van der Waals surface area (Å²) in [6.45, 7) is 18.1. The number of aromatic nitrogens is 5. The van der Waals surface area contributed by atoms with Crippen molar-refractivity contribution in [3.8, 4) is 39.2 Å². The number of para-hydroxylation sites is 1. The van der Waals surface area contributed by atoms with Crippen LogP contribution in [0.15, 0.2) is 89.0 Å². The summed E-state index contributed by atoms with van der Waals surface area (Å²) in [6, 6.07) is 21.4. The van der Waals surface area contributed by atoms with Crippen LogP contribution < -0.4 is 35.1 Å². The number of phosphoric acid groups is 1. The second-order valence-electron chi connectivity index (χ2n) is 24.3. The molecule has 4 unspecified atom stereocenters. The second kappa shape index (κ2) is 30.1. The Morgan fingerprint density at radius 1 is 0.892 bits per heavy atom. The van der Waals surface area contributed by atoms with E-state index in [1.807, 2.05) is 70.2 Å². The molecule has 93 heavy (non-hydrogen) atoms. The number of carbonyl (C=O) groups excluding carboxylic acids is 3. The SMILES string of the molecule is Cc1ncsc1-c1ccc([C@H](C)NC(=O)[C@@H]2C[C@@H](OC(=O)OC(C)C(C)SS(C)(=O)=O)CN2C(=O)[C@@H](c2cc(OCCN3CCN(CCOc4cc(N5C6CCC5CN(c5cc(-c7ccccc7OCOP(=O)(O)O)nnc5N)C6)ccn4)[C@H](C)C3)no2)C(C)C)cc1. The van der Waals surface area contributed by atoms with Gasteiger partial charge in [0.25, 0.3) is 5.88 Å². The molecule has 0 radical (unpaired) electrons. The third-order valence-electron chi connectivity index (χ3n) is 17.3. The zero-order chi connectivity index (χ0) is 66.3. The van der Waals surface area contributed by atoms with Gasteiger partial charge in [0.05, 0.1) is 45.3 Å². The Labute approximate surface area is 548 Å². The van der Waals surface area contributed by atoms with Crippen molar-refractivity contribution in [2.45, 2.75) is 121 Å². The Balaban J connectivity index is 0.697. The standard InChI is InChI=1S/C62H81N12O15PS3/c1-37(2)57(61(76)73-34-48(88-62(77)87-41(6)42(7)92-93(8,81)82)28-52(73)60(75)66-39(4)43-13-15-44(16-14-43)58-40(5)65-35-91-58)54-30-56(69-89-54)84-25-23-70-21-22-71(38(3)31-70)24-26-83-55-27-45(19-20-64-55)74-46-17-18-47(74)33-72(32-46)51-29-50(67-68-59(51)63)49-11-9-10-12-53(49)85-36-86-90(78,79)80/h9-16,19-20,27,29-30,35,37-39,41-42,46-48,52,57H,17-18,21-26,28,31-34,36H2,1-8H3,(H2,63,68)(H,66,75)(H2,78,79,80)/t38-,39+,41?,42?,46?,47?,48-,52+,57-/m1/s1. The van der Waals surface area contributed by atoms with Gasteiger partial charge in [-0.1, -0.05) is 50.2 Å². The molecule has 9 atom stereocenters. The van der Waals surface area contributed by atoms with Crippen LogP contribution in [0.1, 0.15) is 89.8 Å². The molecule has 2 bridgehead atoms. The summed E-state index contributed by atoms with van der Waals surface area (Å²) in [5.74, 6) is -0.435. The van der Waals surface area contributed by atoms with E-state index in [1.54, 1.807) is 67.2 Å². The summed E-state index contributed by atoms with van der Waals surface area (Å²) < 4.78 is 74.7. The molecule has 6 aromatic rings. The first-order valence-corrected chi connectivity index (χ1v) is 36.6. The number of likely N-dealkylation sites (tertiary alicyclic amines) is 1. The highest BCUT2D eigenvalue weighted by Crippen LogP contribution is 2.42. The van der Waals surface area contributed by atoms with Crippen LogP contribution in [-0.2, 0) is 37.0 Å². The lowest BCUT2D eigenvalue weighted by molar-refractivity contribution is -0.141. The van der Waals surface area contributed by atoms with Crippen LogP contribution in [0.5, 0.6) is 17.5 Å². The fourth-order valence-electron chi connectivity index (χ4n) is 12.5. The molecule has 0 aliphatic carbocycles. The Hall–Kier alpha value is -7.15. The predicted octanol–water partition coefficient (Wildman–Crippen LogP) is 7.52. The maximum atomic E-state index is 14.9. The molecular weight excluding hydrogens is 1280 g/mol. The monoisotopic (exact) mass is 1360 g/mol. The fourth-order valence-corrected chi connectivity index (χ4v) is 16.4. The van der Waals surface area contributed by atoms with Crippen LogP contribution in [0.4, 0.5) is 22.0 Å². The minimum Gasteiger partial charge on any atom is -0.476 e. The van der Waals surface area contributed by atoms with Crippen molar-refractivity contribution in [1.82, 2.24) is 45.3 Å². The van der Waals surface area contributed by atoms with Crippen LogP contribution >= 0.6 is 30.0 Å². The molecule has 31 heteroatoms. The lowest BCUT2D eigenvalue weighted by Gasteiger charge is -2.43. The zero-order valence-electron chi connectivity index (χ0n) is 53.2. The van der Waals surface area contributed by atoms with Gasteiger partial charge in [-0.15, -0.1) is 21.5 Å². The maximum absolute atomic E-state index is 14.9. The predicted molar refractivity (Wildman–Crippen MR) is 350 cm³/mol. The highest BCUT2D eigenvalue weighted by molar-refractivity contribution is 8.72. The first kappa shape index (κ1) is 68.7. The highest BCUT2D eigenvalue weighted by atomic mass is 33.1. The average Bonchev–Trinajstić information content (AvgIpc) is 1.70. The van der Waals surface area contributed by atoms with Gasteiger partial charge >= 0.3 is 14.0 Å². The molecule has 10 rings (SSSR count). The first-order chi connectivity index (χ1) is 44.3. The van der Waals surface area contributed by atoms with Gasteiger partial charge in [0.1, 0.15) is 43.1 Å². The Bertz CT molecular complexity index is 3720. The number of ether oxygens (including phenoxy) is 5. The minimum absolute atomic E-state index is 0.0200. The largest absolute Gasteiger partial charge is 0.508 e. The molecule has 502 valence electrons. The molecular formula is C62H81N12O15PS3. The lowest BCUT2D eigenvalue weighted by atomic mass is 9.91. The van der Waals surface area contributed by atoms with Crippen molar-refractivity contribution in [3.63, 3.8) is 0 Å². The average molecular weight is 1360 g/mol. The number of hydrogen-bond donors (Lipinski definition) is 4. The van der Waals surface area contributed by atoms with Gasteiger partial charge in [-0.05, 0) is 105 Å². The van der Waals surface area contributed by atoms with Gasteiger partial charge in [0.15, 0.2) is 27.2 Å². The van der Waals surface area contributed by atoms with Crippen LogP contribution in [-0.4, -0.2) is 196 Å². The summed E-state index contributed by atoms with van der Waals surface area (Å²) in [5, 5.41) is 15.3. The number of fused-ring (bicyclic) bond motifs is 2. The van der Waals surface area contributed by atoms with Crippen molar-refractivity contribution in [2.24, 2.45) is 5.92 Å². The van der Waals surface area contributed by atoms with Crippen LogP contribution in [0.2, 0.25) is 0 Å². The Morgan fingerprint density at radius 3 is 2.32 bits per heavy atom. The number of nitrogens with two attached hydrogens (primary N) is 1. The number of hydrogen-bond acceptors (Lipinski definition) is 25. The number of thiazole rings is 1. The van der Waals surface area contributed by atoms with E-state index in [-0.39, 0.29) is 54.5 Å². The number of piperazine rings is 2. The molecule has 4 aliphatic rings. The van der Waals surface area contributed by atoms with Gasteiger partial charge in [0, 0.05) is 106 Å². The van der Waals surface area contributed by atoms with Gasteiger partial charge < -0.3 is 63.7 Å². The number of nitrogens with zero attached hydrogens (tertiary/aromatic N) is 10. The summed E-state index contributed by atoms with van der Waals surface area (Å²) in [6.07, 6.45) is 2.02. The molecule has 4 fully saturated rings. The topological polar surface area (TPSA) is 330 Å².